The Kier molecular flexibility index (Phi) is 7.06. The van der Waals surface area contributed by atoms with Crippen LogP contribution in [0.4, 0.5) is 5.69 Å². The SMILES string of the molecule is [B]C1=C(c2nc(C3CC(C)(C)OC(C)(C)C3)ccc2NC(=O)c2ncc(C#N)[nH]2)C([B])([B])CC(C)(C)C1[B]. The van der Waals surface area contributed by atoms with Crippen LogP contribution in [0.5, 0.6) is 0 Å². The number of imidazole rings is 1. The van der Waals surface area contributed by atoms with Crippen LogP contribution < -0.4 is 5.32 Å². The number of nitriles is 1. The number of hydrogen-bond donors (Lipinski definition) is 2. The van der Waals surface area contributed by atoms with Gasteiger partial charge in [-0.2, -0.15) is 5.26 Å². The van der Waals surface area contributed by atoms with E-state index in [1.165, 1.54) is 6.20 Å². The van der Waals surface area contributed by atoms with Crippen LogP contribution in [0.2, 0.25) is 11.0 Å². The number of amides is 1. The van der Waals surface area contributed by atoms with E-state index in [-0.39, 0.29) is 28.6 Å². The highest BCUT2D eigenvalue weighted by molar-refractivity contribution is 6.49. The van der Waals surface area contributed by atoms with Gasteiger partial charge in [0, 0.05) is 11.6 Å². The fourth-order valence-corrected chi connectivity index (χ4v) is 6.12. The minimum absolute atomic E-state index is 0.0142. The standard InChI is InChI=1S/C27H31B4N5O2/c1-24(2)13-27(30,31)18(19(28)21(24)29)20-17(36-23(37)22-33-12-15(11-32)34-22)8-7-16(35-20)14-9-25(3,4)38-26(5,6)10-14/h7-8,12,14,21H,9-10,13H2,1-6H3,(H,33,34)(H,36,37). The zero-order valence-corrected chi connectivity index (χ0v) is 23.0. The summed E-state index contributed by atoms with van der Waals surface area (Å²) < 4.78 is 6.28. The van der Waals surface area contributed by atoms with E-state index >= 15 is 0 Å². The highest BCUT2D eigenvalue weighted by atomic mass is 16.5. The highest BCUT2D eigenvalue weighted by Crippen LogP contribution is 2.58. The Hall–Kier alpha value is -2.72. The molecule has 0 aromatic carbocycles. The number of aromatic nitrogens is 3. The number of carbonyl (C=O) groups is 1. The molecule has 0 spiro atoms. The molecule has 1 fully saturated rings. The second kappa shape index (κ2) is 9.48. The van der Waals surface area contributed by atoms with Gasteiger partial charge in [-0.25, -0.2) is 4.98 Å². The van der Waals surface area contributed by atoms with Gasteiger partial charge in [-0.3, -0.25) is 9.78 Å². The molecule has 38 heavy (non-hydrogen) atoms. The highest BCUT2D eigenvalue weighted by Gasteiger charge is 2.44. The first-order chi connectivity index (χ1) is 17.4. The van der Waals surface area contributed by atoms with Crippen molar-refractivity contribution in [3.05, 3.63) is 46.7 Å². The third-order valence-corrected chi connectivity index (χ3v) is 7.44. The molecule has 8 radical (unpaired) electrons. The van der Waals surface area contributed by atoms with Crippen molar-refractivity contribution in [2.24, 2.45) is 5.41 Å². The number of H-pyrrole nitrogens is 1. The first-order valence-corrected chi connectivity index (χ1v) is 12.8. The van der Waals surface area contributed by atoms with Gasteiger partial charge in [-0.15, -0.1) is 5.47 Å². The van der Waals surface area contributed by atoms with Crippen LogP contribution in [-0.4, -0.2) is 63.4 Å². The number of nitrogens with zero attached hydrogens (tertiary/aromatic N) is 3. The molecule has 4 rings (SSSR count). The number of rotatable bonds is 4. The summed E-state index contributed by atoms with van der Waals surface area (Å²) in [5.74, 6) is -0.994. The van der Waals surface area contributed by atoms with Gasteiger partial charge in [0.25, 0.3) is 5.91 Å². The molecule has 2 aliphatic rings. The van der Waals surface area contributed by atoms with E-state index in [4.69, 9.17) is 46.4 Å². The van der Waals surface area contributed by atoms with Gasteiger partial charge in [0.15, 0.2) is 5.82 Å². The summed E-state index contributed by atoms with van der Waals surface area (Å²) in [4.78, 5) is 24.8. The zero-order chi connectivity index (χ0) is 28.3. The quantitative estimate of drug-likeness (QED) is 0.615. The Balaban J connectivity index is 1.85. The van der Waals surface area contributed by atoms with E-state index in [0.29, 0.717) is 28.8 Å². The zero-order valence-electron chi connectivity index (χ0n) is 23.0. The van der Waals surface area contributed by atoms with E-state index in [1.807, 2.05) is 26.0 Å². The number of anilines is 1. The molecule has 2 aromatic heterocycles. The van der Waals surface area contributed by atoms with Crippen molar-refractivity contribution in [1.82, 2.24) is 15.0 Å². The fourth-order valence-electron chi connectivity index (χ4n) is 6.12. The van der Waals surface area contributed by atoms with Gasteiger partial charge in [-0.05, 0) is 63.7 Å². The molecule has 2 N–H and O–H groups in total. The van der Waals surface area contributed by atoms with Crippen molar-refractivity contribution in [3.8, 4) is 6.07 Å². The summed E-state index contributed by atoms with van der Waals surface area (Å²) in [6, 6.07) is 5.59. The lowest BCUT2D eigenvalue weighted by molar-refractivity contribution is -0.162. The summed E-state index contributed by atoms with van der Waals surface area (Å²) in [7, 11) is 26.5. The van der Waals surface area contributed by atoms with E-state index in [2.05, 4.69) is 43.0 Å². The topological polar surface area (TPSA) is 104 Å². The van der Waals surface area contributed by atoms with Crippen LogP contribution in [-0.2, 0) is 4.74 Å². The van der Waals surface area contributed by atoms with Crippen LogP contribution in [0.1, 0.15) is 94.4 Å². The number of aromatic amines is 1. The molecule has 1 amide bonds. The summed E-state index contributed by atoms with van der Waals surface area (Å²) in [5.41, 5.74) is 1.33. The van der Waals surface area contributed by atoms with Crippen LogP contribution in [0, 0.1) is 16.7 Å². The molecule has 11 heteroatoms. The summed E-state index contributed by atoms with van der Waals surface area (Å²) in [6.07, 6.45) is 3.17. The van der Waals surface area contributed by atoms with E-state index in [0.717, 1.165) is 18.5 Å². The van der Waals surface area contributed by atoms with Crippen LogP contribution in [0.15, 0.2) is 23.8 Å². The molecular weight excluding hydrogens is 470 g/mol. The number of ether oxygens (including phenoxy) is 1. The molecule has 3 heterocycles. The number of allylic oxidation sites excluding steroid dienone is 2. The molecule has 2 aromatic rings. The molecule has 1 unspecified atom stereocenters. The first kappa shape index (κ1) is 28.3. The second-order valence-electron chi connectivity index (χ2n) is 12.6. The Bertz CT molecular complexity index is 1320. The van der Waals surface area contributed by atoms with Gasteiger partial charge < -0.3 is 15.0 Å². The maximum atomic E-state index is 13.1. The predicted octanol–water partition coefficient (Wildman–Crippen LogP) is 4.10. The van der Waals surface area contributed by atoms with Crippen LogP contribution in [0.25, 0.3) is 5.57 Å². The second-order valence-corrected chi connectivity index (χ2v) is 12.6. The van der Waals surface area contributed by atoms with Gasteiger partial charge in [0.1, 0.15) is 19.6 Å². The third kappa shape index (κ3) is 5.52. The monoisotopic (exact) mass is 501 g/mol. The molecule has 7 nitrogen and oxygen atoms in total. The van der Waals surface area contributed by atoms with Crippen molar-refractivity contribution in [2.75, 3.05) is 5.32 Å². The minimum Gasteiger partial charge on any atom is -0.370 e. The molecule has 188 valence electrons. The lowest BCUT2D eigenvalue weighted by atomic mass is 9.37. The minimum atomic E-state index is -1.35. The Morgan fingerprint density at radius 3 is 2.37 bits per heavy atom. The first-order valence-electron chi connectivity index (χ1n) is 12.8. The normalized spacial score (nSPS) is 24.0. The molecular formula is C27H31B4N5O2. The largest absolute Gasteiger partial charge is 0.370 e. The van der Waals surface area contributed by atoms with E-state index in [1.54, 1.807) is 6.07 Å². The average Bonchev–Trinajstić information content (AvgIpc) is 3.25. The predicted molar refractivity (Wildman–Crippen MR) is 151 cm³/mol. The number of nitrogens with one attached hydrogen (secondary N) is 2. The number of pyridine rings is 1. The molecule has 1 atom stereocenters. The third-order valence-electron chi connectivity index (χ3n) is 7.44. The fraction of sp³-hybridized carbons (Fsp3) is 0.556. The maximum Gasteiger partial charge on any atom is 0.291 e. The van der Waals surface area contributed by atoms with Gasteiger partial charge >= 0.3 is 0 Å². The van der Waals surface area contributed by atoms with Gasteiger partial charge in [0.05, 0.1) is 52.3 Å². The Morgan fingerprint density at radius 1 is 1.16 bits per heavy atom. The van der Waals surface area contributed by atoms with Gasteiger partial charge in [-0.1, -0.05) is 31.3 Å². The van der Waals surface area contributed by atoms with Gasteiger partial charge in [0.2, 0.25) is 0 Å². The Morgan fingerprint density at radius 2 is 1.79 bits per heavy atom. The van der Waals surface area contributed by atoms with Crippen LogP contribution >= 0.6 is 0 Å². The number of hydrogen-bond acceptors (Lipinski definition) is 5. The summed E-state index contributed by atoms with van der Waals surface area (Å²) in [6.45, 7) is 12.2. The van der Waals surface area contributed by atoms with Crippen molar-refractivity contribution in [1.29, 1.82) is 5.26 Å². The Labute approximate surface area is 230 Å². The molecule has 0 bridgehead atoms. The summed E-state index contributed by atoms with van der Waals surface area (Å²) in [5, 5.41) is 10.6. The summed E-state index contributed by atoms with van der Waals surface area (Å²) >= 11 is 0. The molecule has 0 saturated carbocycles. The smallest absolute Gasteiger partial charge is 0.291 e. The van der Waals surface area contributed by atoms with E-state index in [9.17, 15) is 4.79 Å². The lowest BCUT2D eigenvalue weighted by Gasteiger charge is -2.49. The van der Waals surface area contributed by atoms with Crippen molar-refractivity contribution >= 4 is 48.6 Å². The number of carbonyl (C=O) groups excluding carboxylic acids is 1. The van der Waals surface area contributed by atoms with Crippen molar-refractivity contribution in [3.63, 3.8) is 0 Å². The molecule has 1 aliphatic heterocycles. The molecule has 1 aliphatic carbocycles. The van der Waals surface area contributed by atoms with Crippen molar-refractivity contribution in [2.45, 2.75) is 89.0 Å². The lowest BCUT2D eigenvalue weighted by Crippen LogP contribution is -2.44. The van der Waals surface area contributed by atoms with Crippen molar-refractivity contribution < 1.29 is 9.53 Å². The maximum absolute atomic E-state index is 13.1. The van der Waals surface area contributed by atoms with Crippen LogP contribution in [0.3, 0.4) is 0 Å². The van der Waals surface area contributed by atoms with E-state index < -0.39 is 22.4 Å². The molecule has 1 saturated heterocycles. The average molecular weight is 501 g/mol.